The summed E-state index contributed by atoms with van der Waals surface area (Å²) in [4.78, 5) is 10.5. The van der Waals surface area contributed by atoms with Gasteiger partial charge in [-0.15, -0.1) is 0 Å². The first kappa shape index (κ1) is 15.4. The zero-order valence-electron chi connectivity index (χ0n) is 10.5. The molecular formula is C11H17N3O4S. The lowest BCUT2D eigenvalue weighted by Gasteiger charge is -2.09. The van der Waals surface area contributed by atoms with E-state index in [1.165, 1.54) is 6.07 Å². The molecule has 0 heterocycles. The predicted octanol–water partition coefficient (Wildman–Crippen LogP) is -0.173. The molecule has 0 aromatic heterocycles. The number of carbonyl (C=O) groups is 1. The Kier molecular flexibility index (Phi) is 5.28. The first-order valence-corrected chi connectivity index (χ1v) is 7.06. The van der Waals surface area contributed by atoms with Gasteiger partial charge in [0.15, 0.2) is 0 Å². The van der Waals surface area contributed by atoms with Crippen LogP contribution in [0.15, 0.2) is 23.1 Å². The molecule has 106 valence electrons. The Morgan fingerprint density at radius 2 is 2.11 bits per heavy atom. The number of rotatable bonds is 6. The number of benzene rings is 1. The van der Waals surface area contributed by atoms with Gasteiger partial charge in [-0.05, 0) is 30.2 Å². The molecule has 19 heavy (non-hydrogen) atoms. The standard InChI is InChI=1S/C11H17N3O4S/c1-8-6-10(3-2-9(8)7-12)19(16,17)14-4-5-18-11(13)15/h2-3,6,14H,4-5,7,12H2,1H3,(H2,13,15). The highest BCUT2D eigenvalue weighted by molar-refractivity contribution is 7.89. The molecule has 0 unspecified atom stereocenters. The highest BCUT2D eigenvalue weighted by Gasteiger charge is 2.14. The predicted molar refractivity (Wildman–Crippen MR) is 69.8 cm³/mol. The van der Waals surface area contributed by atoms with E-state index >= 15 is 0 Å². The fourth-order valence-corrected chi connectivity index (χ4v) is 2.57. The molecule has 0 aliphatic heterocycles. The van der Waals surface area contributed by atoms with E-state index in [0.717, 1.165) is 11.1 Å². The van der Waals surface area contributed by atoms with Crippen molar-refractivity contribution in [2.75, 3.05) is 13.2 Å². The Balaban J connectivity index is 2.72. The van der Waals surface area contributed by atoms with Crippen molar-refractivity contribution in [3.63, 3.8) is 0 Å². The molecule has 1 rings (SSSR count). The van der Waals surface area contributed by atoms with Crippen molar-refractivity contribution in [3.8, 4) is 0 Å². The lowest BCUT2D eigenvalue weighted by atomic mass is 10.1. The van der Waals surface area contributed by atoms with Gasteiger partial charge in [-0.2, -0.15) is 0 Å². The maximum atomic E-state index is 11.9. The minimum Gasteiger partial charge on any atom is -0.448 e. The number of hydrogen-bond acceptors (Lipinski definition) is 5. The quantitative estimate of drug-likeness (QED) is 0.626. The Morgan fingerprint density at radius 1 is 1.42 bits per heavy atom. The van der Waals surface area contributed by atoms with Gasteiger partial charge in [-0.3, -0.25) is 0 Å². The molecule has 1 aromatic carbocycles. The van der Waals surface area contributed by atoms with Gasteiger partial charge in [-0.25, -0.2) is 17.9 Å². The minimum atomic E-state index is -3.63. The number of carbonyl (C=O) groups excluding carboxylic acids is 1. The van der Waals surface area contributed by atoms with Crippen molar-refractivity contribution < 1.29 is 17.9 Å². The lowest BCUT2D eigenvalue weighted by Crippen LogP contribution is -2.29. The van der Waals surface area contributed by atoms with Crippen LogP contribution in [0, 0.1) is 6.92 Å². The summed E-state index contributed by atoms with van der Waals surface area (Å²) in [6.45, 7) is 1.99. The summed E-state index contributed by atoms with van der Waals surface area (Å²) < 4.78 is 30.6. The molecule has 7 nitrogen and oxygen atoms in total. The maximum absolute atomic E-state index is 11.9. The number of primary amides is 1. The smallest absolute Gasteiger partial charge is 0.404 e. The summed E-state index contributed by atoms with van der Waals surface area (Å²) in [5, 5.41) is 0. The van der Waals surface area contributed by atoms with Gasteiger partial charge in [-0.1, -0.05) is 6.07 Å². The molecule has 0 fully saturated rings. The average Bonchev–Trinajstić information content (AvgIpc) is 2.34. The van der Waals surface area contributed by atoms with Crippen LogP contribution in [-0.4, -0.2) is 27.7 Å². The van der Waals surface area contributed by atoms with E-state index in [1.54, 1.807) is 19.1 Å². The molecule has 5 N–H and O–H groups in total. The number of ether oxygens (including phenoxy) is 1. The summed E-state index contributed by atoms with van der Waals surface area (Å²) in [6, 6.07) is 4.69. The van der Waals surface area contributed by atoms with E-state index in [-0.39, 0.29) is 18.0 Å². The van der Waals surface area contributed by atoms with Crippen molar-refractivity contribution in [2.45, 2.75) is 18.4 Å². The topological polar surface area (TPSA) is 125 Å². The van der Waals surface area contributed by atoms with Crippen LogP contribution in [-0.2, 0) is 21.3 Å². The van der Waals surface area contributed by atoms with E-state index in [2.05, 4.69) is 9.46 Å². The Morgan fingerprint density at radius 3 is 2.63 bits per heavy atom. The van der Waals surface area contributed by atoms with E-state index in [9.17, 15) is 13.2 Å². The molecule has 1 amide bonds. The van der Waals surface area contributed by atoms with Gasteiger partial charge >= 0.3 is 6.09 Å². The zero-order valence-corrected chi connectivity index (χ0v) is 11.4. The third-order valence-corrected chi connectivity index (χ3v) is 3.94. The molecule has 0 atom stereocenters. The SMILES string of the molecule is Cc1cc(S(=O)(=O)NCCOC(N)=O)ccc1CN. The van der Waals surface area contributed by atoms with Gasteiger partial charge in [0.2, 0.25) is 10.0 Å². The summed E-state index contributed by atoms with van der Waals surface area (Å²) >= 11 is 0. The molecule has 8 heteroatoms. The molecular weight excluding hydrogens is 270 g/mol. The van der Waals surface area contributed by atoms with Gasteiger partial charge < -0.3 is 16.2 Å². The first-order chi connectivity index (χ1) is 8.86. The van der Waals surface area contributed by atoms with Crippen molar-refractivity contribution in [1.29, 1.82) is 0 Å². The van der Waals surface area contributed by atoms with Crippen LogP contribution in [0.3, 0.4) is 0 Å². The third-order valence-electron chi connectivity index (χ3n) is 2.48. The fraction of sp³-hybridized carbons (Fsp3) is 0.364. The Bertz CT molecular complexity index is 557. The summed E-state index contributed by atoms with van der Waals surface area (Å²) in [5.74, 6) is 0. The van der Waals surface area contributed by atoms with Crippen LogP contribution in [0.1, 0.15) is 11.1 Å². The number of nitrogens with two attached hydrogens (primary N) is 2. The van der Waals surface area contributed by atoms with E-state index in [1.807, 2.05) is 0 Å². The highest BCUT2D eigenvalue weighted by atomic mass is 32.2. The number of nitrogens with one attached hydrogen (secondary N) is 1. The monoisotopic (exact) mass is 287 g/mol. The number of sulfonamides is 1. The third kappa shape index (κ3) is 4.51. The summed E-state index contributed by atoms with van der Waals surface area (Å²) in [7, 11) is -3.63. The second-order valence-corrected chi connectivity index (χ2v) is 5.62. The zero-order chi connectivity index (χ0) is 14.5. The Hall–Kier alpha value is -1.64. The van der Waals surface area contributed by atoms with Crippen LogP contribution in [0.2, 0.25) is 0 Å². The molecule has 0 aliphatic carbocycles. The second kappa shape index (κ2) is 6.50. The molecule has 0 spiro atoms. The van der Waals surface area contributed by atoms with Gasteiger partial charge in [0.05, 0.1) is 4.90 Å². The Labute approximate surface area is 112 Å². The van der Waals surface area contributed by atoms with Gasteiger partial charge in [0.1, 0.15) is 6.61 Å². The molecule has 0 saturated heterocycles. The summed E-state index contributed by atoms with van der Waals surface area (Å²) in [6.07, 6.45) is -0.942. The van der Waals surface area contributed by atoms with E-state index in [0.29, 0.717) is 6.54 Å². The van der Waals surface area contributed by atoms with Crippen molar-refractivity contribution in [2.24, 2.45) is 11.5 Å². The van der Waals surface area contributed by atoms with Crippen LogP contribution >= 0.6 is 0 Å². The van der Waals surface area contributed by atoms with E-state index in [4.69, 9.17) is 11.5 Å². The highest BCUT2D eigenvalue weighted by Crippen LogP contribution is 2.14. The molecule has 0 saturated carbocycles. The molecule has 1 aromatic rings. The van der Waals surface area contributed by atoms with Gasteiger partial charge in [0, 0.05) is 13.1 Å². The minimum absolute atomic E-state index is 0.0387. The van der Waals surface area contributed by atoms with Crippen molar-refractivity contribution in [1.82, 2.24) is 4.72 Å². The molecule has 0 bridgehead atoms. The average molecular weight is 287 g/mol. The largest absolute Gasteiger partial charge is 0.448 e. The van der Waals surface area contributed by atoms with Crippen molar-refractivity contribution in [3.05, 3.63) is 29.3 Å². The van der Waals surface area contributed by atoms with Crippen LogP contribution < -0.4 is 16.2 Å². The van der Waals surface area contributed by atoms with Crippen LogP contribution in [0.4, 0.5) is 4.79 Å². The van der Waals surface area contributed by atoms with E-state index < -0.39 is 16.1 Å². The van der Waals surface area contributed by atoms with Gasteiger partial charge in [0.25, 0.3) is 0 Å². The summed E-state index contributed by atoms with van der Waals surface area (Å²) in [5.41, 5.74) is 12.0. The second-order valence-electron chi connectivity index (χ2n) is 3.86. The number of aryl methyl sites for hydroxylation is 1. The number of hydrogen-bond donors (Lipinski definition) is 3. The molecule has 0 radical (unpaired) electrons. The first-order valence-electron chi connectivity index (χ1n) is 5.58. The lowest BCUT2D eigenvalue weighted by molar-refractivity contribution is 0.159. The maximum Gasteiger partial charge on any atom is 0.404 e. The normalized spacial score (nSPS) is 11.3. The number of amides is 1. The van der Waals surface area contributed by atoms with Crippen LogP contribution in [0.25, 0.3) is 0 Å². The van der Waals surface area contributed by atoms with Crippen molar-refractivity contribution >= 4 is 16.1 Å². The van der Waals surface area contributed by atoms with Crippen LogP contribution in [0.5, 0.6) is 0 Å². The fourth-order valence-electron chi connectivity index (χ4n) is 1.48. The molecule has 0 aliphatic rings.